The maximum absolute atomic E-state index is 13.8. The minimum atomic E-state index is -1.42. The summed E-state index contributed by atoms with van der Waals surface area (Å²) in [4.78, 5) is 28.6. The summed E-state index contributed by atoms with van der Waals surface area (Å²) >= 11 is 6.01. The molecule has 0 unspecified atom stereocenters. The van der Waals surface area contributed by atoms with Crippen LogP contribution in [0.1, 0.15) is 21.5 Å². The van der Waals surface area contributed by atoms with Crippen molar-refractivity contribution in [2.24, 2.45) is 0 Å². The smallest absolute Gasteiger partial charge is 0.278 e. The first-order valence-electron chi connectivity index (χ1n) is 9.99. The normalized spacial score (nSPS) is 18.7. The maximum Gasteiger partial charge on any atom is 0.278 e. The van der Waals surface area contributed by atoms with E-state index in [0.717, 1.165) is 11.3 Å². The minimum Gasteiger partial charge on any atom is -0.493 e. The molecule has 3 aromatic carbocycles. The third-order valence-electron chi connectivity index (χ3n) is 5.81. The van der Waals surface area contributed by atoms with Crippen LogP contribution >= 0.6 is 11.6 Å². The molecule has 162 valence electrons. The summed E-state index contributed by atoms with van der Waals surface area (Å²) in [6.45, 7) is 0.338. The standard InChI is InChI=1S/C24H20ClN3O4/c1-31-20-11-16-18(12-21(20)32-2)26-24(27-22(16)29)17-5-3-4-6-19(17)28(23(24)30)13-14-7-9-15(25)10-8-14/h3-12,26H,13H2,1-2H3,(H,27,29)/t24-/m1/s1. The second-order valence-corrected chi connectivity index (χ2v) is 8.05. The Bertz CT molecular complexity index is 1240. The SMILES string of the molecule is COc1cc2c(cc1OC)C(=O)N[C@@]1(N2)C(=O)N(Cc2ccc(Cl)cc2)c2ccccc21. The van der Waals surface area contributed by atoms with E-state index in [1.54, 1.807) is 29.2 Å². The number of amides is 2. The average Bonchev–Trinajstić information content (AvgIpc) is 3.02. The first kappa shape index (κ1) is 20.2. The Balaban J connectivity index is 1.60. The molecular weight excluding hydrogens is 430 g/mol. The predicted octanol–water partition coefficient (Wildman–Crippen LogP) is 3.91. The Labute approximate surface area is 189 Å². The van der Waals surface area contributed by atoms with Crippen LogP contribution in [0.15, 0.2) is 60.7 Å². The molecule has 2 aliphatic rings. The monoisotopic (exact) mass is 449 g/mol. The third kappa shape index (κ3) is 2.97. The summed E-state index contributed by atoms with van der Waals surface area (Å²) in [5.74, 6) is 0.237. The quantitative estimate of drug-likeness (QED) is 0.631. The lowest BCUT2D eigenvalue weighted by molar-refractivity contribution is -0.123. The molecule has 0 saturated heterocycles. The van der Waals surface area contributed by atoms with E-state index in [0.29, 0.717) is 39.9 Å². The van der Waals surface area contributed by atoms with E-state index in [4.69, 9.17) is 21.1 Å². The van der Waals surface area contributed by atoms with Crippen LogP contribution in [0.4, 0.5) is 11.4 Å². The summed E-state index contributed by atoms with van der Waals surface area (Å²) in [5, 5.41) is 6.81. The van der Waals surface area contributed by atoms with Gasteiger partial charge in [-0.05, 0) is 29.8 Å². The molecule has 0 aromatic heterocycles. The van der Waals surface area contributed by atoms with Crippen molar-refractivity contribution in [3.05, 3.63) is 82.4 Å². The number of nitrogens with one attached hydrogen (secondary N) is 2. The fraction of sp³-hybridized carbons (Fsp3) is 0.167. The van der Waals surface area contributed by atoms with Gasteiger partial charge in [-0.2, -0.15) is 0 Å². The van der Waals surface area contributed by atoms with Gasteiger partial charge in [0.15, 0.2) is 11.5 Å². The fourth-order valence-electron chi connectivity index (χ4n) is 4.27. The summed E-state index contributed by atoms with van der Waals surface area (Å²) in [7, 11) is 3.03. The van der Waals surface area contributed by atoms with Gasteiger partial charge >= 0.3 is 0 Å². The number of ether oxygens (including phenoxy) is 2. The Hall–Kier alpha value is -3.71. The molecule has 8 heteroatoms. The molecule has 32 heavy (non-hydrogen) atoms. The van der Waals surface area contributed by atoms with Gasteiger partial charge in [0, 0.05) is 16.7 Å². The Kier molecular flexibility index (Phi) is 4.71. The van der Waals surface area contributed by atoms with Gasteiger partial charge < -0.3 is 25.0 Å². The zero-order chi connectivity index (χ0) is 22.5. The van der Waals surface area contributed by atoms with Gasteiger partial charge in [-0.3, -0.25) is 9.59 Å². The number of nitrogens with zero attached hydrogens (tertiary/aromatic N) is 1. The molecule has 0 fully saturated rings. The lowest BCUT2D eigenvalue weighted by Crippen LogP contribution is -2.60. The summed E-state index contributed by atoms with van der Waals surface area (Å²) in [5.41, 5.74) is 1.75. The number of benzene rings is 3. The van der Waals surface area contributed by atoms with Crippen molar-refractivity contribution >= 4 is 34.8 Å². The van der Waals surface area contributed by atoms with Gasteiger partial charge in [0.2, 0.25) is 5.66 Å². The van der Waals surface area contributed by atoms with Gasteiger partial charge in [-0.15, -0.1) is 0 Å². The molecule has 1 spiro atoms. The highest BCUT2D eigenvalue weighted by atomic mass is 35.5. The number of anilines is 2. The van der Waals surface area contributed by atoms with Crippen molar-refractivity contribution < 1.29 is 19.1 Å². The number of carbonyl (C=O) groups is 2. The van der Waals surface area contributed by atoms with Crippen LogP contribution in [-0.2, 0) is 17.0 Å². The molecule has 2 N–H and O–H groups in total. The average molecular weight is 450 g/mol. The molecule has 3 aromatic rings. The van der Waals surface area contributed by atoms with Gasteiger partial charge in [-0.25, -0.2) is 0 Å². The highest BCUT2D eigenvalue weighted by Crippen LogP contribution is 2.45. The van der Waals surface area contributed by atoms with E-state index < -0.39 is 5.66 Å². The highest BCUT2D eigenvalue weighted by Gasteiger charge is 2.54. The second kappa shape index (κ2) is 7.46. The minimum absolute atomic E-state index is 0.276. The van der Waals surface area contributed by atoms with E-state index >= 15 is 0 Å². The van der Waals surface area contributed by atoms with Gasteiger partial charge in [-0.1, -0.05) is 41.9 Å². The molecule has 0 aliphatic carbocycles. The summed E-state index contributed by atoms with van der Waals surface area (Å²) in [6.07, 6.45) is 0. The Morgan fingerprint density at radius 2 is 1.62 bits per heavy atom. The van der Waals surface area contributed by atoms with Crippen LogP contribution in [0, 0.1) is 0 Å². The number of rotatable bonds is 4. The predicted molar refractivity (Wildman–Crippen MR) is 121 cm³/mol. The summed E-state index contributed by atoms with van der Waals surface area (Å²) in [6, 6.07) is 18.0. The second-order valence-electron chi connectivity index (χ2n) is 7.62. The number of methoxy groups -OCH3 is 2. The number of carbonyl (C=O) groups excluding carboxylic acids is 2. The summed E-state index contributed by atoms with van der Waals surface area (Å²) < 4.78 is 10.7. The van der Waals surface area contributed by atoms with Crippen LogP contribution in [0.25, 0.3) is 0 Å². The molecule has 2 amide bonds. The van der Waals surface area contributed by atoms with Crippen molar-refractivity contribution in [2.75, 3.05) is 24.4 Å². The van der Waals surface area contributed by atoms with E-state index in [9.17, 15) is 9.59 Å². The Morgan fingerprint density at radius 3 is 2.34 bits per heavy atom. The van der Waals surface area contributed by atoms with Crippen molar-refractivity contribution in [3.63, 3.8) is 0 Å². The van der Waals surface area contributed by atoms with Crippen LogP contribution in [0.5, 0.6) is 11.5 Å². The molecular formula is C24H20ClN3O4. The zero-order valence-electron chi connectivity index (χ0n) is 17.4. The molecule has 2 aliphatic heterocycles. The number of fused-ring (bicyclic) bond motifs is 3. The molecule has 0 saturated carbocycles. The van der Waals surface area contributed by atoms with Crippen molar-refractivity contribution in [1.82, 2.24) is 5.32 Å². The van der Waals surface area contributed by atoms with E-state index in [1.807, 2.05) is 36.4 Å². The number of para-hydroxylation sites is 1. The first-order chi connectivity index (χ1) is 15.5. The van der Waals surface area contributed by atoms with E-state index in [-0.39, 0.29) is 11.8 Å². The van der Waals surface area contributed by atoms with Crippen LogP contribution < -0.4 is 25.0 Å². The van der Waals surface area contributed by atoms with Crippen molar-refractivity contribution in [1.29, 1.82) is 0 Å². The van der Waals surface area contributed by atoms with E-state index in [1.165, 1.54) is 14.2 Å². The third-order valence-corrected chi connectivity index (χ3v) is 6.06. The van der Waals surface area contributed by atoms with Crippen LogP contribution in [-0.4, -0.2) is 26.0 Å². The highest BCUT2D eigenvalue weighted by molar-refractivity contribution is 6.30. The topological polar surface area (TPSA) is 79.9 Å². The van der Waals surface area contributed by atoms with Crippen LogP contribution in [0.2, 0.25) is 5.02 Å². The number of hydrogen-bond donors (Lipinski definition) is 2. The lowest BCUT2D eigenvalue weighted by atomic mass is 9.95. The zero-order valence-corrected chi connectivity index (χ0v) is 18.2. The maximum atomic E-state index is 13.8. The lowest BCUT2D eigenvalue weighted by Gasteiger charge is -2.36. The molecule has 2 heterocycles. The molecule has 0 radical (unpaired) electrons. The molecule has 5 rings (SSSR count). The number of hydrogen-bond acceptors (Lipinski definition) is 5. The fourth-order valence-corrected chi connectivity index (χ4v) is 4.39. The van der Waals surface area contributed by atoms with Crippen molar-refractivity contribution in [3.8, 4) is 11.5 Å². The number of halogens is 1. The molecule has 7 nitrogen and oxygen atoms in total. The van der Waals surface area contributed by atoms with E-state index in [2.05, 4.69) is 10.6 Å². The largest absolute Gasteiger partial charge is 0.493 e. The van der Waals surface area contributed by atoms with Crippen LogP contribution in [0.3, 0.4) is 0 Å². The first-order valence-corrected chi connectivity index (χ1v) is 10.4. The van der Waals surface area contributed by atoms with Gasteiger partial charge in [0.25, 0.3) is 11.8 Å². The van der Waals surface area contributed by atoms with Gasteiger partial charge in [0.05, 0.1) is 37.7 Å². The molecule has 1 atom stereocenters. The van der Waals surface area contributed by atoms with Gasteiger partial charge in [0.1, 0.15) is 0 Å². The van der Waals surface area contributed by atoms with Crippen molar-refractivity contribution in [2.45, 2.75) is 12.2 Å². The molecule has 0 bridgehead atoms. The Morgan fingerprint density at radius 1 is 0.938 bits per heavy atom.